The van der Waals surface area contributed by atoms with Gasteiger partial charge >= 0.3 is 0 Å². The summed E-state index contributed by atoms with van der Waals surface area (Å²) in [6.45, 7) is 2.20. The van der Waals surface area contributed by atoms with Gasteiger partial charge in [0.1, 0.15) is 11.4 Å². The van der Waals surface area contributed by atoms with E-state index >= 15 is 4.39 Å². The molecule has 0 amide bonds. The third kappa shape index (κ3) is 7.05. The van der Waals surface area contributed by atoms with Crippen LogP contribution >= 0.6 is 0 Å². The summed E-state index contributed by atoms with van der Waals surface area (Å²) in [5.74, 6) is -0.383. The van der Waals surface area contributed by atoms with Crippen molar-refractivity contribution in [2.75, 3.05) is 0 Å². The monoisotopic (exact) mass is 1080 g/mol. The van der Waals surface area contributed by atoms with E-state index in [9.17, 15) is 0 Å². The number of aromatic nitrogens is 8. The van der Waals surface area contributed by atoms with Crippen molar-refractivity contribution in [3.63, 3.8) is 0 Å². The number of para-hydroxylation sites is 4. The van der Waals surface area contributed by atoms with E-state index in [0.717, 1.165) is 137 Å². The molecule has 17 rings (SSSR count). The van der Waals surface area contributed by atoms with Gasteiger partial charge in [-0.3, -0.25) is 19.9 Å². The molecule has 8 aromatic heterocycles. The lowest BCUT2D eigenvalue weighted by molar-refractivity contribution is 0.611. The van der Waals surface area contributed by atoms with E-state index in [1.165, 1.54) is 0 Å². The highest BCUT2D eigenvalue weighted by atomic mass is 19.1. The zero-order valence-corrected chi connectivity index (χ0v) is 45.4. The van der Waals surface area contributed by atoms with Gasteiger partial charge in [0.15, 0.2) is 5.82 Å². The summed E-state index contributed by atoms with van der Waals surface area (Å²) in [6, 6.07) is 76.5. The molecule has 394 valence electrons. The molecule has 0 N–H and O–H groups in total. The van der Waals surface area contributed by atoms with Gasteiger partial charge in [0.05, 0.1) is 55.5 Å². The summed E-state index contributed by atoms with van der Waals surface area (Å²) in [6.07, 6.45) is 14.9. The molecule has 0 bridgehead atoms. The van der Waals surface area contributed by atoms with E-state index in [2.05, 4.69) is 239 Å². The molecule has 0 spiro atoms. The van der Waals surface area contributed by atoms with Crippen LogP contribution in [-0.2, 0) is 0 Å². The number of halogens is 1. The first-order chi connectivity index (χ1) is 41.6. The molecule has 0 radical (unpaired) electrons. The normalized spacial score (nSPS) is 11.9. The van der Waals surface area contributed by atoms with Crippen molar-refractivity contribution in [1.82, 2.24) is 38.2 Å². The highest BCUT2D eigenvalue weighted by Gasteiger charge is 2.33. The fourth-order valence-electron chi connectivity index (χ4n) is 13.5. The second-order valence-electron chi connectivity index (χ2n) is 21.6. The lowest BCUT2D eigenvalue weighted by atomic mass is 10.0. The summed E-state index contributed by atoms with van der Waals surface area (Å²) in [4.78, 5) is 18.2. The average molecular weight is 1080 g/mol. The van der Waals surface area contributed by atoms with Crippen molar-refractivity contribution < 1.29 is 4.39 Å². The zero-order chi connectivity index (χ0) is 55.6. The number of fused-ring (bicyclic) bond motifs is 12. The highest BCUT2D eigenvalue weighted by molar-refractivity contribution is 6.16. The van der Waals surface area contributed by atoms with E-state index in [1.54, 1.807) is 24.8 Å². The van der Waals surface area contributed by atoms with Gasteiger partial charge in [-0.2, -0.15) is 0 Å². The minimum absolute atomic E-state index is 0.383. The Morgan fingerprint density at radius 2 is 0.500 bits per heavy atom. The Labute approximate surface area is 480 Å². The van der Waals surface area contributed by atoms with Crippen molar-refractivity contribution in [3.8, 4) is 67.3 Å². The number of rotatable bonds is 8. The molecule has 0 fully saturated rings. The van der Waals surface area contributed by atoms with Crippen LogP contribution in [0.3, 0.4) is 0 Å². The van der Waals surface area contributed by atoms with Crippen LogP contribution in [0.1, 0.15) is 5.56 Å². The number of hydrogen-bond donors (Lipinski definition) is 0. The standard InChI is InChI=1S/C75H47FN8/c1-46-72(81-67-30-26-47(51-14-10-34-77-42-51)38-59(67)60-39-48(27-31-68(60)81)52-15-11-35-78-43-52)74(83-63-22-6-2-18-55(63)56-19-3-7-23-64(56)83)71(76)75(84-65-24-8-4-20-57(65)58-21-5-9-25-66(58)84)73(46)82-69-32-28-49(53-16-12-36-79-44-53)40-61(69)62-41-50(29-33-70(62)82)54-17-13-37-80-45-54/h2-45H,1H3. The van der Waals surface area contributed by atoms with E-state index in [1.807, 2.05) is 49.1 Å². The molecule has 9 heteroatoms. The van der Waals surface area contributed by atoms with Gasteiger partial charge in [0.2, 0.25) is 0 Å². The molecule has 0 aliphatic rings. The van der Waals surface area contributed by atoms with Crippen LogP contribution < -0.4 is 0 Å². The van der Waals surface area contributed by atoms with Gasteiger partial charge in [0, 0.05) is 120 Å². The predicted octanol–water partition coefficient (Wildman–Crippen LogP) is 18.8. The Kier molecular flexibility index (Phi) is 10.5. The Morgan fingerprint density at radius 3 is 0.762 bits per heavy atom. The maximum Gasteiger partial charge on any atom is 0.175 e. The van der Waals surface area contributed by atoms with E-state index in [0.29, 0.717) is 22.7 Å². The number of benzene rings is 9. The second-order valence-corrected chi connectivity index (χ2v) is 21.6. The molecule has 0 saturated carbocycles. The molecule has 9 aromatic carbocycles. The first-order valence-electron chi connectivity index (χ1n) is 28.2. The smallest absolute Gasteiger partial charge is 0.175 e. The fraction of sp³-hybridized carbons (Fsp3) is 0.0133. The average Bonchev–Trinajstić information content (AvgIpc) is 1.99. The van der Waals surface area contributed by atoms with Gasteiger partial charge in [-0.1, -0.05) is 121 Å². The number of pyridine rings is 4. The van der Waals surface area contributed by atoms with Crippen LogP contribution in [0, 0.1) is 12.7 Å². The molecule has 0 saturated heterocycles. The molecule has 0 atom stereocenters. The maximum atomic E-state index is 21.0. The SMILES string of the molecule is Cc1c(-n2c3ccc(-c4cccnc4)cc3c3cc(-c4cccnc4)ccc32)c(-n2c3ccccc3c3ccccc32)c(F)c(-n2c3ccccc3c3ccccc32)c1-n1c2ccc(-c3cccnc3)cc2c2cc(-c3cccnc3)ccc21. The van der Waals surface area contributed by atoms with Crippen LogP contribution in [-0.4, -0.2) is 38.2 Å². The Morgan fingerprint density at radius 1 is 0.250 bits per heavy atom. The quantitative estimate of drug-likeness (QED) is 0.152. The van der Waals surface area contributed by atoms with Crippen LogP contribution in [0.15, 0.2) is 268 Å². The summed E-state index contributed by atoms with van der Waals surface area (Å²) >= 11 is 0. The van der Waals surface area contributed by atoms with Gasteiger partial charge in [-0.05, 0) is 126 Å². The van der Waals surface area contributed by atoms with Crippen molar-refractivity contribution in [1.29, 1.82) is 0 Å². The van der Waals surface area contributed by atoms with E-state index < -0.39 is 0 Å². The van der Waals surface area contributed by atoms with Crippen LogP contribution in [0.2, 0.25) is 0 Å². The third-order valence-corrected chi connectivity index (χ3v) is 17.1. The number of nitrogens with zero attached hydrogens (tertiary/aromatic N) is 8. The first-order valence-corrected chi connectivity index (χ1v) is 28.2. The van der Waals surface area contributed by atoms with Crippen molar-refractivity contribution in [3.05, 3.63) is 279 Å². The summed E-state index contributed by atoms with van der Waals surface area (Å²) < 4.78 is 30.1. The van der Waals surface area contributed by atoms with E-state index in [4.69, 9.17) is 0 Å². The molecule has 84 heavy (non-hydrogen) atoms. The lowest BCUT2D eigenvalue weighted by Gasteiger charge is -2.27. The van der Waals surface area contributed by atoms with Crippen LogP contribution in [0.25, 0.3) is 154 Å². The summed E-state index contributed by atoms with van der Waals surface area (Å²) in [5.41, 5.74) is 18.5. The van der Waals surface area contributed by atoms with Gasteiger partial charge in [-0.15, -0.1) is 0 Å². The maximum absolute atomic E-state index is 21.0. The first kappa shape index (κ1) is 47.5. The lowest BCUT2D eigenvalue weighted by Crippen LogP contribution is -2.16. The largest absolute Gasteiger partial charge is 0.307 e. The van der Waals surface area contributed by atoms with Crippen molar-refractivity contribution >= 4 is 87.2 Å². The molecule has 17 aromatic rings. The topological polar surface area (TPSA) is 71.3 Å². The fourth-order valence-corrected chi connectivity index (χ4v) is 13.5. The number of hydrogen-bond acceptors (Lipinski definition) is 4. The molecule has 0 unspecified atom stereocenters. The highest BCUT2D eigenvalue weighted by Crippen LogP contribution is 2.49. The zero-order valence-electron chi connectivity index (χ0n) is 45.4. The van der Waals surface area contributed by atoms with Crippen LogP contribution in [0.5, 0.6) is 0 Å². The molecule has 8 nitrogen and oxygen atoms in total. The predicted molar refractivity (Wildman–Crippen MR) is 341 cm³/mol. The van der Waals surface area contributed by atoms with E-state index in [-0.39, 0.29) is 5.82 Å². The molecule has 0 aliphatic heterocycles. The van der Waals surface area contributed by atoms with Crippen molar-refractivity contribution in [2.24, 2.45) is 0 Å². The molecule has 8 heterocycles. The van der Waals surface area contributed by atoms with Gasteiger partial charge in [0.25, 0.3) is 0 Å². The Balaban J connectivity index is 1.10. The minimum atomic E-state index is -0.383. The van der Waals surface area contributed by atoms with Crippen molar-refractivity contribution in [2.45, 2.75) is 6.92 Å². The second kappa shape index (κ2) is 18.6. The van der Waals surface area contributed by atoms with Crippen LogP contribution in [0.4, 0.5) is 4.39 Å². The third-order valence-electron chi connectivity index (χ3n) is 17.1. The summed E-state index contributed by atoms with van der Waals surface area (Å²) in [7, 11) is 0. The Bertz CT molecular complexity index is 4870. The van der Waals surface area contributed by atoms with Gasteiger partial charge in [-0.25, -0.2) is 4.39 Å². The minimum Gasteiger partial charge on any atom is -0.307 e. The Hall–Kier alpha value is -11.3. The molecular weight excluding hydrogens is 1030 g/mol. The molecule has 0 aliphatic carbocycles. The summed E-state index contributed by atoms with van der Waals surface area (Å²) in [5, 5.41) is 8.17. The van der Waals surface area contributed by atoms with Gasteiger partial charge < -0.3 is 18.3 Å². The molecular formula is C75H47FN8.